The van der Waals surface area contributed by atoms with E-state index in [0.717, 1.165) is 16.9 Å². The van der Waals surface area contributed by atoms with Gasteiger partial charge in [-0.1, -0.05) is 24.3 Å². The number of ether oxygens (including phenoxy) is 3. The van der Waals surface area contributed by atoms with Gasteiger partial charge in [0.25, 0.3) is 0 Å². The molecule has 0 aromatic heterocycles. The zero-order valence-corrected chi connectivity index (χ0v) is 14.3. The molecule has 0 heterocycles. The van der Waals surface area contributed by atoms with Gasteiger partial charge in [0, 0.05) is 5.39 Å². The van der Waals surface area contributed by atoms with Crippen molar-refractivity contribution in [3.8, 4) is 28.4 Å². The molecule has 0 spiro atoms. The third kappa shape index (κ3) is 3.54. The molecule has 3 rings (SSSR count). The van der Waals surface area contributed by atoms with Crippen LogP contribution in [0.1, 0.15) is 6.92 Å². The molecular weight excluding hydrogens is 345 g/mol. The maximum absolute atomic E-state index is 14.7. The van der Waals surface area contributed by atoms with E-state index >= 15 is 0 Å². The van der Waals surface area contributed by atoms with Crippen LogP contribution in [0.3, 0.4) is 0 Å². The fourth-order valence-corrected chi connectivity index (χ4v) is 2.74. The molecular formula is C20H17F3O3. The van der Waals surface area contributed by atoms with Gasteiger partial charge in [0.15, 0.2) is 17.3 Å². The van der Waals surface area contributed by atoms with Crippen LogP contribution in [0.5, 0.6) is 17.2 Å². The van der Waals surface area contributed by atoms with Crippen molar-refractivity contribution < 1.29 is 27.4 Å². The molecule has 0 saturated heterocycles. The summed E-state index contributed by atoms with van der Waals surface area (Å²) in [6.45, 7) is -1.30. The summed E-state index contributed by atoms with van der Waals surface area (Å²) in [4.78, 5) is 0. The molecule has 0 atom stereocenters. The second-order valence-corrected chi connectivity index (χ2v) is 5.49. The normalized spacial score (nSPS) is 11.0. The van der Waals surface area contributed by atoms with Crippen LogP contribution in [0.4, 0.5) is 13.2 Å². The number of hydrogen-bond donors (Lipinski definition) is 0. The standard InChI is InChI=1S/C20H17F3O3/c1-3-25-19-17(26-20(22)23)11-14-10-13(6-9-16(14)18(19)21)12-4-7-15(24-2)8-5-12/h4-11,20H,3H2,1-2H3. The highest BCUT2D eigenvalue weighted by Gasteiger charge is 2.19. The average molecular weight is 362 g/mol. The van der Waals surface area contributed by atoms with Gasteiger partial charge in [0.1, 0.15) is 5.75 Å². The monoisotopic (exact) mass is 362 g/mol. The van der Waals surface area contributed by atoms with E-state index in [-0.39, 0.29) is 23.5 Å². The van der Waals surface area contributed by atoms with Crippen LogP contribution in [0.25, 0.3) is 21.9 Å². The summed E-state index contributed by atoms with van der Waals surface area (Å²) in [5.74, 6) is -0.632. The van der Waals surface area contributed by atoms with Gasteiger partial charge in [0.05, 0.1) is 13.7 Å². The molecule has 3 aromatic carbocycles. The van der Waals surface area contributed by atoms with E-state index in [1.807, 2.05) is 24.3 Å². The molecule has 0 saturated carbocycles. The summed E-state index contributed by atoms with van der Waals surface area (Å²) < 4.78 is 54.8. The topological polar surface area (TPSA) is 27.7 Å². The Balaban J connectivity index is 2.11. The van der Waals surface area contributed by atoms with Crippen molar-refractivity contribution >= 4 is 10.8 Å². The van der Waals surface area contributed by atoms with E-state index < -0.39 is 12.4 Å². The third-order valence-electron chi connectivity index (χ3n) is 3.93. The molecule has 0 radical (unpaired) electrons. The minimum atomic E-state index is -3.07. The summed E-state index contributed by atoms with van der Waals surface area (Å²) >= 11 is 0. The number of fused-ring (bicyclic) bond motifs is 1. The van der Waals surface area contributed by atoms with Gasteiger partial charge < -0.3 is 14.2 Å². The van der Waals surface area contributed by atoms with E-state index in [2.05, 4.69) is 4.74 Å². The first-order valence-electron chi connectivity index (χ1n) is 8.01. The van der Waals surface area contributed by atoms with Crippen molar-refractivity contribution in [2.75, 3.05) is 13.7 Å². The van der Waals surface area contributed by atoms with Crippen LogP contribution in [-0.2, 0) is 0 Å². The van der Waals surface area contributed by atoms with Crippen LogP contribution >= 0.6 is 0 Å². The number of rotatable bonds is 6. The largest absolute Gasteiger partial charge is 0.497 e. The lowest BCUT2D eigenvalue weighted by molar-refractivity contribution is -0.0515. The molecule has 0 unspecified atom stereocenters. The van der Waals surface area contributed by atoms with Gasteiger partial charge in [-0.2, -0.15) is 8.78 Å². The molecule has 0 fully saturated rings. The number of alkyl halides is 2. The molecule has 0 aliphatic rings. The number of methoxy groups -OCH3 is 1. The Bertz CT molecular complexity index is 908. The average Bonchev–Trinajstić information content (AvgIpc) is 2.64. The summed E-state index contributed by atoms with van der Waals surface area (Å²) in [7, 11) is 1.58. The van der Waals surface area contributed by atoms with Gasteiger partial charge in [-0.25, -0.2) is 4.39 Å². The highest BCUT2D eigenvalue weighted by molar-refractivity contribution is 5.90. The van der Waals surface area contributed by atoms with Crippen molar-refractivity contribution in [3.05, 3.63) is 54.3 Å². The number of halogens is 3. The summed E-state index contributed by atoms with van der Waals surface area (Å²) in [6, 6.07) is 13.8. The molecule has 0 N–H and O–H groups in total. The van der Waals surface area contributed by atoms with Gasteiger partial charge >= 0.3 is 6.61 Å². The van der Waals surface area contributed by atoms with Crippen LogP contribution < -0.4 is 14.2 Å². The van der Waals surface area contributed by atoms with Gasteiger partial charge in [-0.3, -0.25) is 0 Å². The summed E-state index contributed by atoms with van der Waals surface area (Å²) in [5, 5.41) is 0.710. The highest BCUT2D eigenvalue weighted by Crippen LogP contribution is 2.38. The summed E-state index contributed by atoms with van der Waals surface area (Å²) in [5.41, 5.74) is 1.70. The molecule has 0 aliphatic carbocycles. The molecule has 6 heteroatoms. The third-order valence-corrected chi connectivity index (χ3v) is 3.93. The fraction of sp³-hybridized carbons (Fsp3) is 0.200. The van der Waals surface area contributed by atoms with Gasteiger partial charge in [0.2, 0.25) is 0 Å². The summed E-state index contributed by atoms with van der Waals surface area (Å²) in [6.07, 6.45) is 0. The second-order valence-electron chi connectivity index (χ2n) is 5.49. The lowest BCUT2D eigenvalue weighted by Gasteiger charge is -2.14. The van der Waals surface area contributed by atoms with Crippen LogP contribution in [0.15, 0.2) is 48.5 Å². The first kappa shape index (κ1) is 17.9. The van der Waals surface area contributed by atoms with Crippen molar-refractivity contribution in [2.45, 2.75) is 13.5 Å². The van der Waals surface area contributed by atoms with E-state index in [9.17, 15) is 13.2 Å². The van der Waals surface area contributed by atoms with E-state index in [4.69, 9.17) is 9.47 Å². The SMILES string of the molecule is CCOc1c(OC(F)F)cc2cc(-c3ccc(OC)cc3)ccc2c1F. The Morgan fingerprint density at radius 2 is 1.65 bits per heavy atom. The predicted octanol–water partition coefficient (Wildman–Crippen LogP) is 5.65. The number of hydrogen-bond acceptors (Lipinski definition) is 3. The highest BCUT2D eigenvalue weighted by atomic mass is 19.3. The first-order chi connectivity index (χ1) is 12.5. The minimum Gasteiger partial charge on any atom is -0.497 e. The molecule has 3 aromatic rings. The maximum Gasteiger partial charge on any atom is 0.387 e. The lowest BCUT2D eigenvalue weighted by Crippen LogP contribution is -2.06. The molecule has 26 heavy (non-hydrogen) atoms. The molecule has 3 nitrogen and oxygen atoms in total. The molecule has 0 bridgehead atoms. The quantitative estimate of drug-likeness (QED) is 0.567. The number of benzene rings is 3. The van der Waals surface area contributed by atoms with E-state index in [1.54, 1.807) is 32.2 Å². The van der Waals surface area contributed by atoms with Crippen molar-refractivity contribution in [3.63, 3.8) is 0 Å². The van der Waals surface area contributed by atoms with Crippen LogP contribution in [0.2, 0.25) is 0 Å². The Kier molecular flexibility index (Phi) is 5.21. The van der Waals surface area contributed by atoms with Crippen molar-refractivity contribution in [1.82, 2.24) is 0 Å². The minimum absolute atomic E-state index is 0.131. The Morgan fingerprint density at radius 3 is 2.27 bits per heavy atom. The zero-order chi connectivity index (χ0) is 18.7. The fourth-order valence-electron chi connectivity index (χ4n) is 2.74. The second kappa shape index (κ2) is 7.56. The van der Waals surface area contributed by atoms with Gasteiger partial charge in [-0.15, -0.1) is 0 Å². The van der Waals surface area contributed by atoms with E-state index in [1.165, 1.54) is 6.07 Å². The van der Waals surface area contributed by atoms with Crippen LogP contribution in [-0.4, -0.2) is 20.3 Å². The maximum atomic E-state index is 14.7. The van der Waals surface area contributed by atoms with Crippen molar-refractivity contribution in [2.24, 2.45) is 0 Å². The Hall–Kier alpha value is -2.89. The first-order valence-corrected chi connectivity index (χ1v) is 8.01. The van der Waals surface area contributed by atoms with Gasteiger partial charge in [-0.05, 0) is 47.7 Å². The smallest absolute Gasteiger partial charge is 0.387 e. The molecule has 0 amide bonds. The Morgan fingerprint density at radius 1 is 0.962 bits per heavy atom. The predicted molar refractivity (Wildman–Crippen MR) is 93.7 cm³/mol. The van der Waals surface area contributed by atoms with E-state index in [0.29, 0.717) is 5.39 Å². The lowest BCUT2D eigenvalue weighted by atomic mass is 10.0. The molecule has 0 aliphatic heterocycles. The zero-order valence-electron chi connectivity index (χ0n) is 14.3. The van der Waals surface area contributed by atoms with Crippen molar-refractivity contribution in [1.29, 1.82) is 0 Å². The van der Waals surface area contributed by atoms with Crippen LogP contribution in [0, 0.1) is 5.82 Å². The Labute approximate surface area is 148 Å². The molecule has 136 valence electrons.